The highest BCUT2D eigenvalue weighted by atomic mass is 32.2. The highest BCUT2D eigenvalue weighted by molar-refractivity contribution is 7.89. The van der Waals surface area contributed by atoms with Crippen molar-refractivity contribution in [2.24, 2.45) is 0 Å². The zero-order chi connectivity index (χ0) is 19.0. The van der Waals surface area contributed by atoms with Gasteiger partial charge in [0.05, 0.1) is 17.8 Å². The van der Waals surface area contributed by atoms with Gasteiger partial charge >= 0.3 is 0 Å². The van der Waals surface area contributed by atoms with Crippen molar-refractivity contribution >= 4 is 32.8 Å². The lowest BCUT2D eigenvalue weighted by atomic mass is 10.2. The SMILES string of the molecule is CCc1noc([C@H](C)N2CCN(S(=O)(=O)c3cccc4nsnc34)CC2)n1. The molecule has 0 radical (unpaired) electrons. The van der Waals surface area contributed by atoms with Gasteiger partial charge in [0.2, 0.25) is 15.9 Å². The summed E-state index contributed by atoms with van der Waals surface area (Å²) in [7, 11) is -3.61. The van der Waals surface area contributed by atoms with Gasteiger partial charge in [-0.1, -0.05) is 18.1 Å². The second-order valence-electron chi connectivity index (χ2n) is 6.41. The zero-order valence-corrected chi connectivity index (χ0v) is 16.7. The van der Waals surface area contributed by atoms with Gasteiger partial charge < -0.3 is 4.52 Å². The summed E-state index contributed by atoms with van der Waals surface area (Å²) in [5.74, 6) is 1.25. The van der Waals surface area contributed by atoms with Gasteiger partial charge in [-0.05, 0) is 19.1 Å². The van der Waals surface area contributed by atoms with E-state index in [1.807, 2.05) is 13.8 Å². The van der Waals surface area contributed by atoms with Gasteiger partial charge in [0, 0.05) is 32.6 Å². The molecule has 1 fully saturated rings. The number of nitrogens with zero attached hydrogens (tertiary/aromatic N) is 6. The number of hydrogen-bond acceptors (Lipinski definition) is 9. The number of piperazine rings is 1. The molecular formula is C16H20N6O3S2. The molecule has 11 heteroatoms. The molecule has 1 aliphatic heterocycles. The molecule has 1 saturated heterocycles. The van der Waals surface area contributed by atoms with Gasteiger partial charge in [-0.3, -0.25) is 4.90 Å². The first-order valence-corrected chi connectivity index (χ1v) is 11.0. The van der Waals surface area contributed by atoms with Crippen LogP contribution in [0.25, 0.3) is 11.0 Å². The van der Waals surface area contributed by atoms with E-state index in [0.29, 0.717) is 48.9 Å². The molecule has 3 heterocycles. The maximum absolute atomic E-state index is 13.1. The molecule has 1 aromatic carbocycles. The fourth-order valence-corrected chi connectivity index (χ4v) is 5.37. The Morgan fingerprint density at radius 3 is 2.70 bits per heavy atom. The molecule has 0 amide bonds. The molecule has 0 aliphatic carbocycles. The molecule has 1 atom stereocenters. The normalized spacial score (nSPS) is 18.1. The summed E-state index contributed by atoms with van der Waals surface area (Å²) in [6.07, 6.45) is 0.721. The standard InChI is InChI=1S/C16H20N6O3S2/c1-3-14-17-16(25-18-14)11(2)21-7-9-22(10-8-21)27(23,24)13-6-4-5-12-15(13)20-26-19-12/h4-6,11H,3,7-10H2,1-2H3/t11-/m0/s1. The summed E-state index contributed by atoms with van der Waals surface area (Å²) >= 11 is 1.02. The van der Waals surface area contributed by atoms with Crippen molar-refractivity contribution in [3.8, 4) is 0 Å². The Bertz CT molecular complexity index is 1040. The minimum Gasteiger partial charge on any atom is -0.338 e. The Morgan fingerprint density at radius 2 is 2.00 bits per heavy atom. The van der Waals surface area contributed by atoms with Crippen LogP contribution in [-0.2, 0) is 16.4 Å². The van der Waals surface area contributed by atoms with Crippen LogP contribution >= 0.6 is 11.7 Å². The summed E-state index contributed by atoms with van der Waals surface area (Å²) < 4.78 is 41.3. The van der Waals surface area contributed by atoms with Crippen molar-refractivity contribution in [1.82, 2.24) is 28.1 Å². The third kappa shape index (κ3) is 3.35. The summed E-state index contributed by atoms with van der Waals surface area (Å²) in [5, 5.41) is 3.94. The van der Waals surface area contributed by atoms with Crippen molar-refractivity contribution in [3.63, 3.8) is 0 Å². The molecule has 27 heavy (non-hydrogen) atoms. The molecule has 0 saturated carbocycles. The predicted molar refractivity (Wildman–Crippen MR) is 99.8 cm³/mol. The average Bonchev–Trinajstić information content (AvgIpc) is 3.36. The van der Waals surface area contributed by atoms with Crippen LogP contribution in [0, 0.1) is 0 Å². The van der Waals surface area contributed by atoms with Crippen LogP contribution in [0.5, 0.6) is 0 Å². The molecule has 2 aromatic heterocycles. The third-order valence-electron chi connectivity index (χ3n) is 4.85. The predicted octanol–water partition coefficient (Wildman–Crippen LogP) is 1.70. The monoisotopic (exact) mass is 408 g/mol. The Balaban J connectivity index is 1.49. The van der Waals surface area contributed by atoms with E-state index in [4.69, 9.17) is 4.52 Å². The molecule has 0 N–H and O–H groups in total. The van der Waals surface area contributed by atoms with E-state index in [0.717, 1.165) is 18.1 Å². The van der Waals surface area contributed by atoms with Gasteiger partial charge in [0.1, 0.15) is 15.9 Å². The van der Waals surface area contributed by atoms with Crippen molar-refractivity contribution in [1.29, 1.82) is 0 Å². The van der Waals surface area contributed by atoms with Crippen LogP contribution in [0.3, 0.4) is 0 Å². The lowest BCUT2D eigenvalue weighted by Crippen LogP contribution is -2.49. The minimum atomic E-state index is -3.61. The molecule has 0 bridgehead atoms. The molecule has 3 aromatic rings. The molecule has 0 spiro atoms. The number of aryl methyl sites for hydroxylation is 1. The highest BCUT2D eigenvalue weighted by Crippen LogP contribution is 2.27. The quantitative estimate of drug-likeness (QED) is 0.628. The summed E-state index contributed by atoms with van der Waals surface area (Å²) in [6.45, 7) is 5.95. The van der Waals surface area contributed by atoms with Gasteiger partial charge in [0.15, 0.2) is 5.82 Å². The minimum absolute atomic E-state index is 0.0474. The van der Waals surface area contributed by atoms with Crippen molar-refractivity contribution in [2.75, 3.05) is 26.2 Å². The van der Waals surface area contributed by atoms with Crippen LogP contribution in [0.4, 0.5) is 0 Å². The smallest absolute Gasteiger partial charge is 0.245 e. The maximum atomic E-state index is 13.1. The Hall–Kier alpha value is -1.95. The summed E-state index contributed by atoms with van der Waals surface area (Å²) in [5.41, 5.74) is 1.05. The number of benzene rings is 1. The zero-order valence-electron chi connectivity index (χ0n) is 15.1. The molecular weight excluding hydrogens is 388 g/mol. The van der Waals surface area contributed by atoms with E-state index in [1.165, 1.54) is 4.31 Å². The van der Waals surface area contributed by atoms with Gasteiger partial charge in [-0.15, -0.1) is 0 Å². The van der Waals surface area contributed by atoms with Crippen LogP contribution in [0.1, 0.15) is 31.6 Å². The first-order valence-electron chi connectivity index (χ1n) is 8.78. The van der Waals surface area contributed by atoms with E-state index >= 15 is 0 Å². The van der Waals surface area contributed by atoms with E-state index in [2.05, 4.69) is 23.8 Å². The van der Waals surface area contributed by atoms with Crippen LogP contribution in [0.2, 0.25) is 0 Å². The van der Waals surface area contributed by atoms with Crippen LogP contribution in [0.15, 0.2) is 27.6 Å². The van der Waals surface area contributed by atoms with Crippen molar-refractivity contribution in [3.05, 3.63) is 29.9 Å². The lowest BCUT2D eigenvalue weighted by Gasteiger charge is -2.36. The van der Waals surface area contributed by atoms with E-state index in [-0.39, 0.29) is 10.9 Å². The van der Waals surface area contributed by atoms with E-state index in [1.54, 1.807) is 18.2 Å². The number of hydrogen-bond donors (Lipinski definition) is 0. The van der Waals surface area contributed by atoms with E-state index in [9.17, 15) is 8.42 Å². The summed E-state index contributed by atoms with van der Waals surface area (Å²) in [6, 6.07) is 5.02. The molecule has 1 aliphatic rings. The second kappa shape index (κ2) is 7.23. The van der Waals surface area contributed by atoms with Crippen molar-refractivity contribution < 1.29 is 12.9 Å². The Kier molecular flexibility index (Phi) is 4.93. The first kappa shape index (κ1) is 18.4. The Labute approximate surface area is 161 Å². The topological polar surface area (TPSA) is 105 Å². The highest BCUT2D eigenvalue weighted by Gasteiger charge is 2.33. The largest absolute Gasteiger partial charge is 0.338 e. The number of fused-ring (bicyclic) bond motifs is 1. The number of aromatic nitrogens is 4. The second-order valence-corrected chi connectivity index (χ2v) is 8.84. The van der Waals surface area contributed by atoms with Gasteiger partial charge in [0.25, 0.3) is 0 Å². The lowest BCUT2D eigenvalue weighted by molar-refractivity contribution is 0.124. The molecule has 0 unspecified atom stereocenters. The molecule has 144 valence electrons. The Morgan fingerprint density at radius 1 is 1.22 bits per heavy atom. The first-order chi connectivity index (χ1) is 13.0. The van der Waals surface area contributed by atoms with E-state index < -0.39 is 10.0 Å². The fraction of sp³-hybridized carbons (Fsp3) is 0.500. The number of rotatable bonds is 5. The van der Waals surface area contributed by atoms with Crippen molar-refractivity contribution in [2.45, 2.75) is 31.2 Å². The van der Waals surface area contributed by atoms with Gasteiger partial charge in [-0.2, -0.15) is 18.0 Å². The number of sulfonamides is 1. The van der Waals surface area contributed by atoms with Crippen LogP contribution < -0.4 is 0 Å². The third-order valence-corrected chi connectivity index (χ3v) is 7.32. The molecule has 9 nitrogen and oxygen atoms in total. The maximum Gasteiger partial charge on any atom is 0.245 e. The average molecular weight is 409 g/mol. The summed E-state index contributed by atoms with van der Waals surface area (Å²) in [4.78, 5) is 6.76. The fourth-order valence-electron chi connectivity index (χ4n) is 3.20. The molecule has 4 rings (SSSR count). The van der Waals surface area contributed by atoms with Crippen LogP contribution in [-0.4, -0.2) is 62.7 Å². The van der Waals surface area contributed by atoms with Gasteiger partial charge in [-0.25, -0.2) is 8.42 Å².